The van der Waals surface area contributed by atoms with Crippen LogP contribution in [0.4, 0.5) is 0 Å². The fourth-order valence-electron chi connectivity index (χ4n) is 3.67. The van der Waals surface area contributed by atoms with Gasteiger partial charge in [-0.1, -0.05) is 64.8 Å². The normalized spacial score (nSPS) is 15.3. The number of hydrogen-bond donors (Lipinski definition) is 1. The maximum atomic E-state index is 12.6. The van der Waals surface area contributed by atoms with Gasteiger partial charge >= 0.3 is 0 Å². The first kappa shape index (κ1) is 20.6. The number of benzene rings is 2. The second-order valence-electron chi connectivity index (χ2n) is 7.74. The molecule has 30 heavy (non-hydrogen) atoms. The monoisotopic (exact) mass is 424 g/mol. The number of aryl methyl sites for hydroxylation is 1. The van der Waals surface area contributed by atoms with Crippen LogP contribution in [0.5, 0.6) is 0 Å². The molecule has 0 aliphatic carbocycles. The van der Waals surface area contributed by atoms with Gasteiger partial charge < -0.3 is 9.84 Å². The second-order valence-corrected chi connectivity index (χ2v) is 8.14. The molecule has 1 fully saturated rings. The lowest BCUT2D eigenvalue weighted by atomic mass is 9.95. The topological polar surface area (TPSA) is 71.3 Å². The zero-order valence-corrected chi connectivity index (χ0v) is 17.7. The highest BCUT2D eigenvalue weighted by Crippen LogP contribution is 2.22. The van der Waals surface area contributed by atoms with E-state index < -0.39 is 0 Å². The van der Waals surface area contributed by atoms with Gasteiger partial charge in [-0.3, -0.25) is 9.69 Å². The zero-order valence-electron chi connectivity index (χ0n) is 17.0. The van der Waals surface area contributed by atoms with Gasteiger partial charge in [-0.05, 0) is 44.5 Å². The molecule has 2 heterocycles. The lowest BCUT2D eigenvalue weighted by molar-refractivity contribution is -0.126. The summed E-state index contributed by atoms with van der Waals surface area (Å²) in [5, 5.41) is 7.74. The van der Waals surface area contributed by atoms with E-state index in [0.29, 0.717) is 11.7 Å². The first-order chi connectivity index (χ1) is 14.6. The molecule has 6 nitrogen and oxygen atoms in total. The second kappa shape index (κ2) is 9.41. The first-order valence-corrected chi connectivity index (χ1v) is 10.6. The minimum absolute atomic E-state index is 0.00647. The van der Waals surface area contributed by atoms with E-state index in [1.807, 2.05) is 49.4 Å². The fourth-order valence-corrected chi connectivity index (χ4v) is 3.87. The Hall–Kier alpha value is -2.70. The Balaban J connectivity index is 1.24. The minimum atomic E-state index is 0.00647. The van der Waals surface area contributed by atoms with E-state index in [1.165, 1.54) is 5.56 Å². The third-order valence-corrected chi connectivity index (χ3v) is 5.87. The van der Waals surface area contributed by atoms with Gasteiger partial charge in [-0.15, -0.1) is 0 Å². The summed E-state index contributed by atoms with van der Waals surface area (Å²) in [4.78, 5) is 19.3. The summed E-state index contributed by atoms with van der Waals surface area (Å²) in [6, 6.07) is 15.8. The van der Waals surface area contributed by atoms with Crippen molar-refractivity contribution in [3.8, 4) is 11.4 Å². The number of halogens is 1. The van der Waals surface area contributed by atoms with Crippen molar-refractivity contribution in [2.24, 2.45) is 5.92 Å². The molecule has 1 aliphatic heterocycles. The number of aromatic nitrogens is 2. The Kier molecular flexibility index (Phi) is 6.45. The van der Waals surface area contributed by atoms with Crippen LogP contribution < -0.4 is 5.32 Å². The van der Waals surface area contributed by atoms with Crippen molar-refractivity contribution in [2.75, 3.05) is 13.1 Å². The van der Waals surface area contributed by atoms with Crippen LogP contribution in [0.1, 0.15) is 29.9 Å². The summed E-state index contributed by atoms with van der Waals surface area (Å²) in [6.45, 7) is 4.85. The van der Waals surface area contributed by atoms with Crippen molar-refractivity contribution in [3.05, 3.63) is 70.6 Å². The smallest absolute Gasteiger partial charge is 0.246 e. The molecule has 0 unspecified atom stereocenters. The van der Waals surface area contributed by atoms with Crippen molar-refractivity contribution in [3.63, 3.8) is 0 Å². The lowest BCUT2D eigenvalue weighted by Crippen LogP contribution is -2.40. The number of carbonyl (C=O) groups is 1. The predicted molar refractivity (Wildman–Crippen MR) is 116 cm³/mol. The van der Waals surface area contributed by atoms with Gasteiger partial charge in [-0.25, -0.2) is 0 Å². The largest absolute Gasteiger partial charge is 0.347 e. The molecule has 1 amide bonds. The summed E-state index contributed by atoms with van der Waals surface area (Å²) in [7, 11) is 0. The highest BCUT2D eigenvalue weighted by molar-refractivity contribution is 6.31. The Bertz CT molecular complexity index is 994. The Morgan fingerprint density at radius 2 is 1.90 bits per heavy atom. The Morgan fingerprint density at radius 3 is 2.63 bits per heavy atom. The van der Waals surface area contributed by atoms with Crippen LogP contribution in [0.15, 0.2) is 53.1 Å². The Morgan fingerprint density at radius 1 is 1.17 bits per heavy atom. The van der Waals surface area contributed by atoms with Crippen molar-refractivity contribution < 1.29 is 9.32 Å². The van der Waals surface area contributed by atoms with Crippen LogP contribution in [0, 0.1) is 12.8 Å². The highest BCUT2D eigenvalue weighted by Gasteiger charge is 2.25. The third-order valence-electron chi connectivity index (χ3n) is 5.50. The van der Waals surface area contributed by atoms with E-state index in [4.69, 9.17) is 16.1 Å². The summed E-state index contributed by atoms with van der Waals surface area (Å²) >= 11 is 6.26. The number of piperidine rings is 1. The molecule has 1 N–H and O–H groups in total. The molecule has 156 valence electrons. The molecule has 0 spiro atoms. The van der Waals surface area contributed by atoms with Crippen LogP contribution in [0.2, 0.25) is 5.02 Å². The van der Waals surface area contributed by atoms with Crippen molar-refractivity contribution in [2.45, 2.75) is 32.9 Å². The van der Waals surface area contributed by atoms with Gasteiger partial charge in [0.05, 0.1) is 6.54 Å². The third kappa shape index (κ3) is 5.07. The van der Waals surface area contributed by atoms with E-state index in [2.05, 4.69) is 26.4 Å². The first-order valence-electron chi connectivity index (χ1n) is 10.2. The van der Waals surface area contributed by atoms with Crippen LogP contribution in [0.3, 0.4) is 0 Å². The molecule has 0 radical (unpaired) electrons. The van der Waals surface area contributed by atoms with Crippen LogP contribution >= 0.6 is 11.6 Å². The Labute approximate surface area is 181 Å². The molecule has 0 atom stereocenters. The predicted octanol–water partition coefficient (Wildman–Crippen LogP) is 4.23. The molecular formula is C23H25ClN4O2. The summed E-state index contributed by atoms with van der Waals surface area (Å²) < 4.78 is 5.29. The van der Waals surface area contributed by atoms with Crippen molar-refractivity contribution in [1.82, 2.24) is 20.4 Å². The molecule has 7 heteroatoms. The minimum Gasteiger partial charge on any atom is -0.347 e. The average Bonchev–Trinajstić information content (AvgIpc) is 3.24. The molecule has 0 bridgehead atoms. The van der Waals surface area contributed by atoms with Gasteiger partial charge in [0.15, 0.2) is 0 Å². The van der Waals surface area contributed by atoms with Crippen LogP contribution in [-0.2, 0) is 17.9 Å². The number of nitrogens with one attached hydrogen (secondary N) is 1. The molecule has 2 aromatic carbocycles. The number of likely N-dealkylation sites (tertiary alicyclic amines) is 1. The summed E-state index contributed by atoms with van der Waals surface area (Å²) in [5.74, 6) is 0.997. The molecule has 1 aliphatic rings. The number of carbonyl (C=O) groups excluding carboxylic acids is 1. The van der Waals surface area contributed by atoms with E-state index in [1.54, 1.807) is 0 Å². The quantitative estimate of drug-likeness (QED) is 0.641. The van der Waals surface area contributed by atoms with Gasteiger partial charge in [0, 0.05) is 23.0 Å². The SMILES string of the molecule is Cc1ccc(-c2noc(CNC(=O)C3CCN(Cc4ccccc4Cl)CC3)n2)cc1. The van der Waals surface area contributed by atoms with E-state index in [9.17, 15) is 4.79 Å². The average molecular weight is 425 g/mol. The summed E-state index contributed by atoms with van der Waals surface area (Å²) in [5.41, 5.74) is 3.20. The molecular weight excluding hydrogens is 400 g/mol. The van der Waals surface area contributed by atoms with Gasteiger partial charge in [-0.2, -0.15) is 4.98 Å². The molecule has 1 aromatic heterocycles. The van der Waals surface area contributed by atoms with Gasteiger partial charge in [0.2, 0.25) is 17.6 Å². The van der Waals surface area contributed by atoms with Crippen LogP contribution in [-0.4, -0.2) is 34.0 Å². The number of hydrogen-bond acceptors (Lipinski definition) is 5. The standard InChI is InChI=1S/C23H25ClN4O2/c1-16-6-8-17(9-7-16)22-26-21(30-27-22)14-25-23(29)18-10-12-28(13-11-18)15-19-4-2-3-5-20(19)24/h2-9,18H,10-15H2,1H3,(H,25,29). The highest BCUT2D eigenvalue weighted by atomic mass is 35.5. The van der Waals surface area contributed by atoms with E-state index >= 15 is 0 Å². The zero-order chi connectivity index (χ0) is 20.9. The molecule has 0 saturated carbocycles. The van der Waals surface area contributed by atoms with E-state index in [-0.39, 0.29) is 18.4 Å². The van der Waals surface area contributed by atoms with Gasteiger partial charge in [0.1, 0.15) is 0 Å². The fraction of sp³-hybridized carbons (Fsp3) is 0.348. The van der Waals surface area contributed by atoms with Crippen molar-refractivity contribution >= 4 is 17.5 Å². The van der Waals surface area contributed by atoms with Crippen LogP contribution in [0.25, 0.3) is 11.4 Å². The van der Waals surface area contributed by atoms with Crippen molar-refractivity contribution in [1.29, 1.82) is 0 Å². The molecule has 3 aromatic rings. The molecule has 1 saturated heterocycles. The maximum absolute atomic E-state index is 12.6. The van der Waals surface area contributed by atoms with E-state index in [0.717, 1.165) is 48.6 Å². The number of rotatable bonds is 6. The lowest BCUT2D eigenvalue weighted by Gasteiger charge is -2.31. The summed E-state index contributed by atoms with van der Waals surface area (Å²) in [6.07, 6.45) is 1.66. The molecule has 4 rings (SSSR count). The number of amides is 1. The van der Waals surface area contributed by atoms with Gasteiger partial charge in [0.25, 0.3) is 0 Å². The number of nitrogens with zero attached hydrogens (tertiary/aromatic N) is 3. The maximum Gasteiger partial charge on any atom is 0.246 e.